The van der Waals surface area contributed by atoms with Crippen molar-refractivity contribution in [2.75, 3.05) is 0 Å². The second-order valence-electron chi connectivity index (χ2n) is 6.51. The molecular weight excluding hydrogens is 320 g/mol. The maximum Gasteiger partial charge on any atom is 0.119 e. The molecule has 2 aromatic carbocycles. The summed E-state index contributed by atoms with van der Waals surface area (Å²) < 4.78 is 5.30. The van der Waals surface area contributed by atoms with Crippen LogP contribution in [-0.2, 0) is 11.2 Å². The maximum absolute atomic E-state index is 4.29. The van der Waals surface area contributed by atoms with Crippen LogP contribution in [0.4, 0.5) is 0 Å². The van der Waals surface area contributed by atoms with Crippen LogP contribution in [0.15, 0.2) is 58.8 Å². The molecule has 4 heteroatoms. The summed E-state index contributed by atoms with van der Waals surface area (Å²) in [5, 5.41) is 4.29. The Labute approximate surface area is 146 Å². The van der Waals surface area contributed by atoms with Gasteiger partial charge in [-0.1, -0.05) is 79.9 Å². The normalized spacial score (nSPS) is 11.6. The van der Waals surface area contributed by atoms with Gasteiger partial charge in [-0.15, -0.1) is 16.9 Å². The summed E-state index contributed by atoms with van der Waals surface area (Å²) in [6.45, 7) is 6.73. The van der Waals surface area contributed by atoms with Crippen molar-refractivity contribution < 1.29 is 0 Å². The average Bonchev–Trinajstić information content (AvgIpc) is 3.02. The van der Waals surface area contributed by atoms with Crippen molar-refractivity contribution in [3.05, 3.63) is 65.7 Å². The lowest BCUT2D eigenvalue weighted by Crippen LogP contribution is -2.10. The summed E-state index contributed by atoms with van der Waals surface area (Å²) in [6.07, 6.45) is 0. The van der Waals surface area contributed by atoms with Crippen molar-refractivity contribution in [2.45, 2.75) is 36.1 Å². The zero-order valence-corrected chi connectivity index (χ0v) is 15.2. The first kappa shape index (κ1) is 16.2. The number of aromatic nitrogens is 2. The van der Waals surface area contributed by atoms with E-state index in [1.54, 1.807) is 0 Å². The standard InChI is InChI=1S/C19H20N2S2/c1-19(2,3)16-11-9-14(10-12-16)13-22-18-17(20-21-23-18)15-7-5-4-6-8-15/h4-12H,13H2,1-3H3. The number of thioether (sulfide) groups is 1. The van der Waals surface area contributed by atoms with Crippen molar-refractivity contribution in [1.29, 1.82) is 0 Å². The minimum absolute atomic E-state index is 0.202. The van der Waals surface area contributed by atoms with Crippen LogP contribution >= 0.6 is 23.3 Å². The topological polar surface area (TPSA) is 25.8 Å². The van der Waals surface area contributed by atoms with Gasteiger partial charge in [0.1, 0.15) is 9.90 Å². The molecule has 0 saturated carbocycles. The van der Waals surface area contributed by atoms with Crippen molar-refractivity contribution >= 4 is 23.3 Å². The van der Waals surface area contributed by atoms with E-state index in [0.29, 0.717) is 0 Å². The lowest BCUT2D eigenvalue weighted by Gasteiger charge is -2.19. The molecule has 3 rings (SSSR count). The van der Waals surface area contributed by atoms with Crippen LogP contribution in [0.1, 0.15) is 31.9 Å². The van der Waals surface area contributed by atoms with Gasteiger partial charge >= 0.3 is 0 Å². The SMILES string of the molecule is CC(C)(C)c1ccc(CSc2snnc2-c2ccccc2)cc1. The summed E-state index contributed by atoms with van der Waals surface area (Å²) in [5.74, 6) is 0.939. The van der Waals surface area contributed by atoms with E-state index >= 15 is 0 Å². The molecule has 1 aromatic heterocycles. The molecule has 23 heavy (non-hydrogen) atoms. The third-order valence-corrected chi connectivity index (χ3v) is 5.73. The highest BCUT2D eigenvalue weighted by Gasteiger charge is 2.14. The molecule has 2 nitrogen and oxygen atoms in total. The minimum Gasteiger partial charge on any atom is -0.137 e. The number of nitrogens with zero attached hydrogens (tertiary/aromatic N) is 2. The first-order chi connectivity index (χ1) is 11.0. The smallest absolute Gasteiger partial charge is 0.119 e. The van der Waals surface area contributed by atoms with Gasteiger partial charge in [-0.3, -0.25) is 0 Å². The number of benzene rings is 2. The fraction of sp³-hybridized carbons (Fsp3) is 0.263. The highest BCUT2D eigenvalue weighted by atomic mass is 32.2. The van der Waals surface area contributed by atoms with E-state index in [9.17, 15) is 0 Å². The molecule has 0 unspecified atom stereocenters. The fourth-order valence-electron chi connectivity index (χ4n) is 2.30. The van der Waals surface area contributed by atoms with E-state index in [-0.39, 0.29) is 5.41 Å². The first-order valence-corrected chi connectivity index (χ1v) is 9.40. The summed E-state index contributed by atoms with van der Waals surface area (Å²) in [6, 6.07) is 19.2. The predicted molar refractivity (Wildman–Crippen MR) is 100 cm³/mol. The summed E-state index contributed by atoms with van der Waals surface area (Å²) in [4.78, 5) is 0. The molecule has 0 amide bonds. The Hall–Kier alpha value is -1.65. The number of hydrogen-bond donors (Lipinski definition) is 0. The van der Waals surface area contributed by atoms with Crippen molar-refractivity contribution in [3.63, 3.8) is 0 Å². The van der Waals surface area contributed by atoms with E-state index in [2.05, 4.69) is 66.8 Å². The second kappa shape index (κ2) is 6.85. The Morgan fingerprint density at radius 2 is 1.65 bits per heavy atom. The van der Waals surface area contributed by atoms with E-state index in [4.69, 9.17) is 0 Å². The minimum atomic E-state index is 0.202. The van der Waals surface area contributed by atoms with Gasteiger partial charge in [-0.25, -0.2) is 0 Å². The monoisotopic (exact) mass is 340 g/mol. The Bertz CT molecular complexity index is 756. The van der Waals surface area contributed by atoms with Crippen molar-refractivity contribution in [3.8, 4) is 11.3 Å². The molecule has 0 bridgehead atoms. The van der Waals surface area contributed by atoms with E-state index in [1.807, 2.05) is 30.0 Å². The third-order valence-electron chi connectivity index (χ3n) is 3.70. The van der Waals surface area contributed by atoms with Gasteiger partial charge in [0.15, 0.2) is 0 Å². The molecule has 0 atom stereocenters. The molecule has 1 heterocycles. The van der Waals surface area contributed by atoms with E-state index < -0.39 is 0 Å². The van der Waals surface area contributed by atoms with Crippen molar-refractivity contribution in [1.82, 2.24) is 9.59 Å². The highest BCUT2D eigenvalue weighted by Crippen LogP contribution is 2.34. The van der Waals surface area contributed by atoms with Crippen LogP contribution in [0.3, 0.4) is 0 Å². The molecular formula is C19H20N2S2. The predicted octanol–water partition coefficient (Wildman–Crippen LogP) is 5.79. The lowest BCUT2D eigenvalue weighted by atomic mass is 9.87. The van der Waals surface area contributed by atoms with Crippen LogP contribution in [0, 0.1) is 0 Å². The maximum atomic E-state index is 4.29. The lowest BCUT2D eigenvalue weighted by molar-refractivity contribution is 0.590. The van der Waals surface area contributed by atoms with Crippen LogP contribution in [0.2, 0.25) is 0 Å². The van der Waals surface area contributed by atoms with Gasteiger partial charge in [-0.05, 0) is 28.1 Å². The summed E-state index contributed by atoms with van der Waals surface area (Å²) in [5.41, 5.74) is 5.03. The van der Waals surface area contributed by atoms with Gasteiger partial charge in [0.2, 0.25) is 0 Å². The van der Waals surface area contributed by atoms with Gasteiger partial charge in [0.25, 0.3) is 0 Å². The zero-order chi connectivity index (χ0) is 16.3. The summed E-state index contributed by atoms with van der Waals surface area (Å²) >= 11 is 3.28. The molecule has 0 N–H and O–H groups in total. The number of hydrogen-bond acceptors (Lipinski definition) is 4. The molecule has 0 aliphatic rings. The first-order valence-electron chi connectivity index (χ1n) is 7.64. The summed E-state index contributed by atoms with van der Waals surface area (Å²) in [7, 11) is 0. The van der Waals surface area contributed by atoms with Gasteiger partial charge < -0.3 is 0 Å². The molecule has 0 spiro atoms. The van der Waals surface area contributed by atoms with E-state index in [1.165, 1.54) is 26.9 Å². The molecule has 118 valence electrons. The quantitative estimate of drug-likeness (QED) is 0.562. The second-order valence-corrected chi connectivity index (χ2v) is 8.51. The molecule has 0 aliphatic heterocycles. The molecule has 0 saturated heterocycles. The Balaban J connectivity index is 1.71. The van der Waals surface area contributed by atoms with Crippen LogP contribution < -0.4 is 0 Å². The molecule has 0 radical (unpaired) electrons. The fourth-order valence-corrected chi connectivity index (χ4v) is 4.01. The van der Waals surface area contributed by atoms with E-state index in [0.717, 1.165) is 17.0 Å². The van der Waals surface area contributed by atoms with Crippen LogP contribution in [0.25, 0.3) is 11.3 Å². The third kappa shape index (κ3) is 4.01. The Morgan fingerprint density at radius 3 is 2.30 bits per heavy atom. The van der Waals surface area contributed by atoms with Crippen molar-refractivity contribution in [2.24, 2.45) is 0 Å². The molecule has 3 aromatic rings. The van der Waals surface area contributed by atoms with Gasteiger partial charge in [0, 0.05) is 11.3 Å². The Kier molecular flexibility index (Phi) is 4.83. The van der Waals surface area contributed by atoms with Crippen LogP contribution in [0.5, 0.6) is 0 Å². The van der Waals surface area contributed by atoms with Gasteiger partial charge in [-0.2, -0.15) is 0 Å². The molecule has 0 aliphatic carbocycles. The van der Waals surface area contributed by atoms with Crippen LogP contribution in [-0.4, -0.2) is 9.59 Å². The van der Waals surface area contributed by atoms with Gasteiger partial charge in [0.05, 0.1) is 0 Å². The average molecular weight is 341 g/mol. The highest BCUT2D eigenvalue weighted by molar-refractivity contribution is 8.00. The Morgan fingerprint density at radius 1 is 0.957 bits per heavy atom. The largest absolute Gasteiger partial charge is 0.137 e. The zero-order valence-electron chi connectivity index (χ0n) is 13.6. The number of rotatable bonds is 4. The molecule has 0 fully saturated rings.